The number of alkyl halides is 4. The van der Waals surface area contributed by atoms with Crippen molar-refractivity contribution in [3.8, 4) is 11.5 Å². The van der Waals surface area contributed by atoms with E-state index in [0.717, 1.165) is 4.90 Å². The summed E-state index contributed by atoms with van der Waals surface area (Å²) < 4.78 is 69.0. The van der Waals surface area contributed by atoms with Crippen LogP contribution in [0.5, 0.6) is 11.5 Å². The summed E-state index contributed by atoms with van der Waals surface area (Å²) in [6.45, 7) is 0. The molecular weight excluding hydrogens is 713 g/mol. The molecule has 2 fully saturated rings. The van der Waals surface area contributed by atoms with Gasteiger partial charge in [0.25, 0.3) is 0 Å². The number of aromatic hydroxyl groups is 1. The van der Waals surface area contributed by atoms with Crippen molar-refractivity contribution < 1.29 is 64.8 Å². The highest BCUT2D eigenvalue weighted by Crippen LogP contribution is 2.56. The molecule has 20 heteroatoms. The number of phenolic OH excluding ortho intramolecular Hbond substituents is 1. The van der Waals surface area contributed by atoms with E-state index in [4.69, 9.17) is 5.73 Å². The molecule has 0 aliphatic heterocycles. The Morgan fingerprint density at radius 1 is 1.13 bits per heavy atom. The number of hydrogen-bond donors (Lipinski definition) is 4. The minimum Gasteiger partial charge on any atom is -0.505 e. The number of Topliss-reactive ketones (excluding diaryl/α,β-unsaturated/α-hetero) is 4. The monoisotopic (exact) mass is 740 g/mol. The number of nitrogens with one attached hydrogen (secondary N) is 1. The zero-order chi connectivity index (χ0) is 35.0. The quantitative estimate of drug-likeness (QED) is 0.0909. The van der Waals surface area contributed by atoms with Gasteiger partial charge in [-0.2, -0.15) is 21.6 Å². The largest absolute Gasteiger partial charge is 0.534 e. The molecule has 3 aliphatic carbocycles. The summed E-state index contributed by atoms with van der Waals surface area (Å²) in [4.78, 5) is 81.5. The van der Waals surface area contributed by atoms with Crippen LogP contribution < -0.4 is 20.1 Å². The maximum absolute atomic E-state index is 14.1. The standard InChI is InChI=1S/C26H28BrF3N4O11S/c1-33(2)16-9-5-8-6-10-17(34(3)4)20(38)14(24(31)41)23(40)25(10,42)22(39)12(8)18(36)13(9)19(37)15(32-11(35)7-27)21(16)45-46(43,44)26(28,29)30/h8,10,12,14,17,37,42H,5-7H2,1-4H3,(H2,31,41)(H,32,35)/t8?,10?,12?,14?,17-,25-/m0/s1. The third-order valence-corrected chi connectivity index (χ3v) is 9.93. The van der Waals surface area contributed by atoms with Gasteiger partial charge in [-0.15, -0.1) is 0 Å². The Morgan fingerprint density at radius 3 is 2.20 bits per heavy atom. The van der Waals surface area contributed by atoms with Crippen LogP contribution >= 0.6 is 15.9 Å². The zero-order valence-electron chi connectivity index (χ0n) is 24.5. The van der Waals surface area contributed by atoms with Gasteiger partial charge in [0.15, 0.2) is 46.2 Å². The normalized spacial score (nSPS) is 27.9. The molecule has 4 rings (SSSR count). The van der Waals surface area contributed by atoms with E-state index in [-0.39, 0.29) is 5.56 Å². The number of anilines is 2. The predicted octanol–water partition coefficient (Wildman–Crippen LogP) is -0.505. The number of carbonyl (C=O) groups is 6. The Hall–Kier alpha value is -3.62. The van der Waals surface area contributed by atoms with Gasteiger partial charge >= 0.3 is 15.6 Å². The lowest BCUT2D eigenvalue weighted by molar-refractivity contribution is -0.181. The first kappa shape index (κ1) is 35.2. The van der Waals surface area contributed by atoms with Crippen molar-refractivity contribution in [3.05, 3.63) is 11.1 Å². The number of fused-ring (bicyclic) bond motifs is 3. The van der Waals surface area contributed by atoms with E-state index >= 15 is 0 Å². The molecule has 0 bridgehead atoms. The lowest BCUT2D eigenvalue weighted by Gasteiger charge is -2.52. The number of likely N-dealkylation sites (N-methyl/N-ethyl adjacent to an activating group) is 1. The minimum absolute atomic E-state index is 0.277. The molecule has 0 heterocycles. The Labute approximate surface area is 267 Å². The first-order valence-electron chi connectivity index (χ1n) is 13.3. The van der Waals surface area contributed by atoms with E-state index in [1.54, 1.807) is 0 Å². The number of nitrogens with zero attached hydrogens (tertiary/aromatic N) is 2. The summed E-state index contributed by atoms with van der Waals surface area (Å²) in [6.07, 6.45) is -0.835. The predicted molar refractivity (Wildman–Crippen MR) is 154 cm³/mol. The molecule has 15 nitrogen and oxygen atoms in total. The molecule has 0 spiro atoms. The van der Waals surface area contributed by atoms with Gasteiger partial charge in [0.1, 0.15) is 5.69 Å². The van der Waals surface area contributed by atoms with Crippen LogP contribution in [0.4, 0.5) is 24.5 Å². The summed E-state index contributed by atoms with van der Waals surface area (Å²) >= 11 is 2.81. The highest BCUT2D eigenvalue weighted by Gasteiger charge is 2.69. The molecule has 0 saturated heterocycles. The minimum atomic E-state index is -6.42. The number of primary amides is 1. The number of rotatable bonds is 7. The highest BCUT2D eigenvalue weighted by atomic mass is 79.9. The first-order chi connectivity index (χ1) is 21.0. The smallest absolute Gasteiger partial charge is 0.505 e. The molecule has 6 atom stereocenters. The summed E-state index contributed by atoms with van der Waals surface area (Å²) in [5, 5.41) is 24.4. The van der Waals surface area contributed by atoms with Gasteiger partial charge in [0, 0.05) is 20.0 Å². The van der Waals surface area contributed by atoms with Crippen molar-refractivity contribution in [3.63, 3.8) is 0 Å². The molecule has 5 N–H and O–H groups in total. The molecule has 4 unspecified atom stereocenters. The fraction of sp³-hybridized carbons (Fsp3) is 0.538. The van der Waals surface area contributed by atoms with E-state index in [9.17, 15) is 60.6 Å². The molecule has 2 amide bonds. The van der Waals surface area contributed by atoms with Crippen molar-refractivity contribution in [2.75, 3.05) is 43.7 Å². The third kappa shape index (κ3) is 5.14. The van der Waals surface area contributed by atoms with Gasteiger partial charge in [-0.25, -0.2) is 0 Å². The Kier molecular flexibility index (Phi) is 8.86. The maximum atomic E-state index is 14.1. The third-order valence-electron chi connectivity index (χ3n) is 8.47. The van der Waals surface area contributed by atoms with Gasteiger partial charge in [-0.1, -0.05) is 15.9 Å². The van der Waals surface area contributed by atoms with E-state index < -0.39 is 132 Å². The molecule has 46 heavy (non-hydrogen) atoms. The summed E-state index contributed by atoms with van der Waals surface area (Å²) in [7, 11) is -1.18. The molecule has 2 saturated carbocycles. The second kappa shape index (κ2) is 11.6. The number of ketones is 4. The topological polar surface area (TPSA) is 231 Å². The Morgan fingerprint density at radius 2 is 1.72 bits per heavy atom. The Bertz CT molecular complexity index is 1700. The average molecular weight is 741 g/mol. The second-order valence-corrected chi connectivity index (χ2v) is 13.7. The molecule has 0 radical (unpaired) electrons. The number of halogens is 4. The van der Waals surface area contributed by atoms with Crippen molar-refractivity contribution >= 4 is 72.4 Å². The van der Waals surface area contributed by atoms with Gasteiger partial charge < -0.3 is 30.3 Å². The summed E-state index contributed by atoms with van der Waals surface area (Å²) in [5.74, 6) is -16.8. The van der Waals surface area contributed by atoms with Crippen LogP contribution in [-0.2, 0) is 40.5 Å². The Balaban J connectivity index is 2.01. The average Bonchev–Trinajstić information content (AvgIpc) is 2.91. The van der Waals surface area contributed by atoms with Crippen LogP contribution in [0.15, 0.2) is 0 Å². The van der Waals surface area contributed by atoms with E-state index in [2.05, 4.69) is 20.1 Å². The fourth-order valence-electron chi connectivity index (χ4n) is 6.70. The number of benzene rings is 1. The van der Waals surface area contributed by atoms with E-state index in [0.29, 0.717) is 0 Å². The van der Waals surface area contributed by atoms with Crippen molar-refractivity contribution in [1.82, 2.24) is 4.90 Å². The van der Waals surface area contributed by atoms with Gasteiger partial charge in [0.2, 0.25) is 11.8 Å². The maximum Gasteiger partial charge on any atom is 0.534 e. The van der Waals surface area contributed by atoms with Crippen LogP contribution in [0, 0.1) is 23.7 Å². The van der Waals surface area contributed by atoms with Crippen LogP contribution in [0.2, 0.25) is 0 Å². The van der Waals surface area contributed by atoms with Gasteiger partial charge in [0.05, 0.1) is 28.5 Å². The fourth-order valence-corrected chi connectivity index (χ4v) is 7.31. The van der Waals surface area contributed by atoms with Crippen molar-refractivity contribution in [2.45, 2.75) is 30.0 Å². The number of hydrogen-bond acceptors (Lipinski definition) is 13. The number of amides is 2. The second-order valence-electron chi connectivity index (χ2n) is 11.6. The number of phenols is 1. The lowest BCUT2D eigenvalue weighted by Crippen LogP contribution is -2.74. The van der Waals surface area contributed by atoms with Crippen LogP contribution in [0.25, 0.3) is 0 Å². The first-order valence-corrected chi connectivity index (χ1v) is 15.9. The summed E-state index contributed by atoms with van der Waals surface area (Å²) in [5.41, 5.74) is -6.25. The van der Waals surface area contributed by atoms with Crippen molar-refractivity contribution in [2.24, 2.45) is 29.4 Å². The van der Waals surface area contributed by atoms with Crippen LogP contribution in [-0.4, -0.2) is 109 Å². The summed E-state index contributed by atoms with van der Waals surface area (Å²) in [6, 6.07) is -1.42. The van der Waals surface area contributed by atoms with Crippen molar-refractivity contribution in [1.29, 1.82) is 0 Å². The highest BCUT2D eigenvalue weighted by molar-refractivity contribution is 9.09. The molecular formula is C26H28BrF3N4O11S. The van der Waals surface area contributed by atoms with Crippen LogP contribution in [0.1, 0.15) is 22.3 Å². The molecule has 0 aromatic heterocycles. The lowest BCUT2D eigenvalue weighted by atomic mass is 9.52. The molecule has 252 valence electrons. The van der Waals surface area contributed by atoms with Crippen LogP contribution in [0.3, 0.4) is 0 Å². The number of aliphatic hydroxyl groups is 1. The van der Waals surface area contributed by atoms with Gasteiger partial charge in [-0.3, -0.25) is 33.7 Å². The SMILES string of the molecule is CN(C)c1c2c(c(O)c(NC(=O)CBr)c1OS(=O)(=O)C(F)(F)F)C(=O)C1C(=O)[C@]3(O)C(=O)C(C(N)=O)C(=O)[C@@H](N(C)C)C3CC1C2. The molecule has 1 aromatic carbocycles. The number of nitrogens with two attached hydrogens (primary N) is 1. The molecule has 3 aliphatic rings. The number of carbonyl (C=O) groups excluding carboxylic acids is 6. The zero-order valence-corrected chi connectivity index (χ0v) is 26.9. The van der Waals surface area contributed by atoms with Gasteiger partial charge in [-0.05, 0) is 38.4 Å². The van der Waals surface area contributed by atoms with E-state index in [1.165, 1.54) is 33.1 Å². The molecule has 1 aromatic rings. The van der Waals surface area contributed by atoms with E-state index in [1.807, 2.05) is 5.32 Å².